The number of nitrogens with two attached hydrogens (primary N) is 1. The summed E-state index contributed by atoms with van der Waals surface area (Å²) in [6.07, 6.45) is 0. The van der Waals surface area contributed by atoms with Gasteiger partial charge in [0.1, 0.15) is 0 Å². The Morgan fingerprint density at radius 2 is 1.96 bits per heavy atom. The number of carbonyl (C=O) groups is 1. The van der Waals surface area contributed by atoms with E-state index in [9.17, 15) is 4.79 Å². The molecule has 122 valence electrons. The summed E-state index contributed by atoms with van der Waals surface area (Å²) in [5.41, 5.74) is 9.39. The van der Waals surface area contributed by atoms with Gasteiger partial charge in [-0.05, 0) is 30.2 Å². The maximum absolute atomic E-state index is 13.0. The molecular formula is C18H21ClN2OS. The van der Waals surface area contributed by atoms with E-state index < -0.39 is 0 Å². The Kier molecular flexibility index (Phi) is 5.97. The minimum Gasteiger partial charge on any atom is -0.399 e. The molecule has 1 aliphatic heterocycles. The van der Waals surface area contributed by atoms with Crippen LogP contribution in [0.4, 0.5) is 5.69 Å². The molecule has 5 heteroatoms. The molecule has 0 aliphatic carbocycles. The molecule has 0 saturated carbocycles. The average Bonchev–Trinajstić information content (AvgIpc) is 2.57. The van der Waals surface area contributed by atoms with Crippen LogP contribution in [0.25, 0.3) is 0 Å². The van der Waals surface area contributed by atoms with Gasteiger partial charge in [0.2, 0.25) is 0 Å². The van der Waals surface area contributed by atoms with Crippen molar-refractivity contribution in [1.29, 1.82) is 0 Å². The third-order valence-electron chi connectivity index (χ3n) is 4.07. The van der Waals surface area contributed by atoms with Crippen LogP contribution in [-0.2, 0) is 0 Å². The van der Waals surface area contributed by atoms with Crippen molar-refractivity contribution in [3.8, 4) is 0 Å². The zero-order valence-corrected chi connectivity index (χ0v) is 14.7. The van der Waals surface area contributed by atoms with Crippen molar-refractivity contribution in [3.63, 3.8) is 0 Å². The van der Waals surface area contributed by atoms with E-state index >= 15 is 0 Å². The molecule has 1 atom stereocenters. The number of amides is 1. The van der Waals surface area contributed by atoms with E-state index in [0.29, 0.717) is 11.3 Å². The van der Waals surface area contributed by atoms with E-state index in [1.807, 2.05) is 53.9 Å². The Bertz CT molecular complexity index is 678. The molecule has 2 aromatic rings. The number of carbonyl (C=O) groups excluding carboxylic acids is 1. The summed E-state index contributed by atoms with van der Waals surface area (Å²) in [6, 6.07) is 16.0. The lowest BCUT2D eigenvalue weighted by Crippen LogP contribution is -2.41. The van der Waals surface area contributed by atoms with E-state index in [-0.39, 0.29) is 24.4 Å². The highest BCUT2D eigenvalue weighted by atomic mass is 35.5. The summed E-state index contributed by atoms with van der Waals surface area (Å²) >= 11 is 1.90. The topological polar surface area (TPSA) is 46.3 Å². The molecule has 1 unspecified atom stereocenters. The molecule has 0 spiro atoms. The molecule has 0 radical (unpaired) electrons. The fourth-order valence-corrected chi connectivity index (χ4v) is 3.91. The molecule has 1 fully saturated rings. The van der Waals surface area contributed by atoms with Crippen molar-refractivity contribution in [2.45, 2.75) is 13.0 Å². The first-order chi connectivity index (χ1) is 10.7. The smallest absolute Gasteiger partial charge is 0.254 e. The number of hydrogen-bond acceptors (Lipinski definition) is 3. The van der Waals surface area contributed by atoms with E-state index in [1.165, 1.54) is 5.56 Å². The SMILES string of the molecule is Cc1ccc(N)cc1C(=O)N1CCSCC1c1ccccc1.Cl. The van der Waals surface area contributed by atoms with Gasteiger partial charge >= 0.3 is 0 Å². The summed E-state index contributed by atoms with van der Waals surface area (Å²) in [5.74, 6) is 2.01. The van der Waals surface area contributed by atoms with Crippen LogP contribution >= 0.6 is 24.2 Å². The second kappa shape index (κ2) is 7.75. The maximum Gasteiger partial charge on any atom is 0.254 e. The van der Waals surface area contributed by atoms with Crippen molar-refractivity contribution in [3.05, 3.63) is 65.2 Å². The van der Waals surface area contributed by atoms with Gasteiger partial charge in [-0.1, -0.05) is 36.4 Å². The monoisotopic (exact) mass is 348 g/mol. The van der Waals surface area contributed by atoms with Gasteiger partial charge in [0.15, 0.2) is 0 Å². The lowest BCUT2D eigenvalue weighted by molar-refractivity contribution is 0.0700. The molecule has 3 rings (SSSR count). The molecule has 1 amide bonds. The van der Waals surface area contributed by atoms with Crippen LogP contribution in [0.2, 0.25) is 0 Å². The van der Waals surface area contributed by atoms with Crippen LogP contribution < -0.4 is 5.73 Å². The highest BCUT2D eigenvalue weighted by Gasteiger charge is 2.29. The van der Waals surface area contributed by atoms with Crippen molar-refractivity contribution < 1.29 is 4.79 Å². The molecule has 23 heavy (non-hydrogen) atoms. The quantitative estimate of drug-likeness (QED) is 0.836. The van der Waals surface area contributed by atoms with E-state index in [0.717, 1.165) is 23.6 Å². The summed E-state index contributed by atoms with van der Waals surface area (Å²) in [4.78, 5) is 15.0. The van der Waals surface area contributed by atoms with Crippen molar-refractivity contribution in [1.82, 2.24) is 4.90 Å². The molecular weight excluding hydrogens is 328 g/mol. The Hall–Kier alpha value is -1.65. The van der Waals surface area contributed by atoms with Crippen LogP contribution in [0.5, 0.6) is 0 Å². The van der Waals surface area contributed by atoms with Crippen LogP contribution in [0.1, 0.15) is 27.5 Å². The first kappa shape index (κ1) is 17.7. The molecule has 2 aromatic carbocycles. The van der Waals surface area contributed by atoms with Crippen LogP contribution in [0, 0.1) is 6.92 Å². The fraction of sp³-hybridized carbons (Fsp3) is 0.278. The van der Waals surface area contributed by atoms with Gasteiger partial charge in [-0.25, -0.2) is 0 Å². The average molecular weight is 349 g/mol. The van der Waals surface area contributed by atoms with Crippen LogP contribution in [-0.4, -0.2) is 28.9 Å². The summed E-state index contributed by atoms with van der Waals surface area (Å²) in [6.45, 7) is 2.74. The predicted molar refractivity (Wildman–Crippen MR) is 100 cm³/mol. The summed E-state index contributed by atoms with van der Waals surface area (Å²) in [5, 5.41) is 0. The summed E-state index contributed by atoms with van der Waals surface area (Å²) < 4.78 is 0. The van der Waals surface area contributed by atoms with Crippen LogP contribution in [0.3, 0.4) is 0 Å². The Labute approximate surface area is 147 Å². The Morgan fingerprint density at radius 3 is 2.70 bits per heavy atom. The molecule has 0 aromatic heterocycles. The largest absolute Gasteiger partial charge is 0.399 e. The second-order valence-electron chi connectivity index (χ2n) is 5.57. The van der Waals surface area contributed by atoms with E-state index in [2.05, 4.69) is 12.1 Å². The van der Waals surface area contributed by atoms with Gasteiger partial charge in [-0.15, -0.1) is 12.4 Å². The number of rotatable bonds is 2. The van der Waals surface area contributed by atoms with Gasteiger partial charge < -0.3 is 10.6 Å². The first-order valence-electron chi connectivity index (χ1n) is 7.46. The highest BCUT2D eigenvalue weighted by Crippen LogP contribution is 2.31. The lowest BCUT2D eigenvalue weighted by Gasteiger charge is -2.36. The molecule has 1 aliphatic rings. The number of thioether (sulfide) groups is 1. The number of benzene rings is 2. The Balaban J connectivity index is 0.00000192. The molecule has 1 saturated heterocycles. The predicted octanol–water partition coefficient (Wildman–Crippen LogP) is 3.93. The van der Waals surface area contributed by atoms with Crippen molar-refractivity contribution >= 4 is 35.8 Å². The first-order valence-corrected chi connectivity index (χ1v) is 8.62. The molecule has 2 N–H and O–H groups in total. The number of hydrogen-bond donors (Lipinski definition) is 1. The highest BCUT2D eigenvalue weighted by molar-refractivity contribution is 7.99. The second-order valence-corrected chi connectivity index (χ2v) is 6.72. The van der Waals surface area contributed by atoms with E-state index in [4.69, 9.17) is 5.73 Å². The fourth-order valence-electron chi connectivity index (χ4n) is 2.82. The van der Waals surface area contributed by atoms with E-state index in [1.54, 1.807) is 6.07 Å². The number of nitrogens with zero attached hydrogens (tertiary/aromatic N) is 1. The van der Waals surface area contributed by atoms with Gasteiger partial charge in [-0.3, -0.25) is 4.79 Å². The van der Waals surface area contributed by atoms with Gasteiger partial charge in [0, 0.05) is 29.3 Å². The number of anilines is 1. The minimum absolute atomic E-state index is 0. The maximum atomic E-state index is 13.0. The molecule has 0 bridgehead atoms. The number of nitrogen functional groups attached to an aromatic ring is 1. The van der Waals surface area contributed by atoms with Gasteiger partial charge in [0.25, 0.3) is 5.91 Å². The van der Waals surface area contributed by atoms with Crippen LogP contribution in [0.15, 0.2) is 48.5 Å². The standard InChI is InChI=1S/C18H20N2OS.ClH/c1-13-7-8-15(19)11-16(13)18(21)20-9-10-22-12-17(20)14-5-3-2-4-6-14;/h2-8,11,17H,9-10,12,19H2,1H3;1H. The molecule has 1 heterocycles. The number of aryl methyl sites for hydroxylation is 1. The summed E-state index contributed by atoms with van der Waals surface area (Å²) in [7, 11) is 0. The third-order valence-corrected chi connectivity index (χ3v) is 5.09. The number of halogens is 1. The van der Waals surface area contributed by atoms with Crippen molar-refractivity contribution in [2.24, 2.45) is 0 Å². The zero-order chi connectivity index (χ0) is 15.5. The lowest BCUT2D eigenvalue weighted by atomic mass is 10.0. The molecule has 3 nitrogen and oxygen atoms in total. The zero-order valence-electron chi connectivity index (χ0n) is 13.1. The van der Waals surface area contributed by atoms with Gasteiger partial charge in [-0.2, -0.15) is 11.8 Å². The minimum atomic E-state index is 0. The third kappa shape index (κ3) is 3.82. The normalized spacial score (nSPS) is 17.4. The Morgan fingerprint density at radius 1 is 1.22 bits per heavy atom. The van der Waals surface area contributed by atoms with Crippen molar-refractivity contribution in [2.75, 3.05) is 23.8 Å². The van der Waals surface area contributed by atoms with Gasteiger partial charge in [0.05, 0.1) is 6.04 Å².